The second-order valence-electron chi connectivity index (χ2n) is 7.98. The molecule has 0 N–H and O–H groups in total. The standard InChI is InChI=1S/C27H24N4O2S/c1-19-15-20(2)17-22(16-19)30(14-8-13-28)25(32)18-34-27-29-24-12-7-6-11-23(24)26(33)31(27)21-9-4-3-5-10-21/h3-7,9-12,15-17H,8,14,18H2,1-2H3. The molecule has 0 atom stereocenters. The topological polar surface area (TPSA) is 79.0 Å². The summed E-state index contributed by atoms with van der Waals surface area (Å²) < 4.78 is 1.55. The van der Waals surface area contributed by atoms with Crippen LogP contribution < -0.4 is 10.5 Å². The number of carbonyl (C=O) groups is 1. The lowest BCUT2D eigenvalue weighted by Crippen LogP contribution is -2.33. The first-order valence-electron chi connectivity index (χ1n) is 10.9. The molecule has 0 aliphatic heterocycles. The molecule has 1 amide bonds. The van der Waals surface area contributed by atoms with Crippen LogP contribution in [0.15, 0.2) is 82.7 Å². The Morgan fingerprint density at radius 3 is 2.41 bits per heavy atom. The van der Waals surface area contributed by atoms with Crippen LogP contribution in [0.1, 0.15) is 17.5 Å². The van der Waals surface area contributed by atoms with Gasteiger partial charge in [0, 0.05) is 12.2 Å². The molecule has 7 heteroatoms. The average molecular weight is 469 g/mol. The van der Waals surface area contributed by atoms with Crippen LogP contribution in [0, 0.1) is 25.2 Å². The highest BCUT2D eigenvalue weighted by Gasteiger charge is 2.19. The number of hydrogen-bond donors (Lipinski definition) is 0. The SMILES string of the molecule is Cc1cc(C)cc(N(CCC#N)C(=O)CSc2nc3ccccc3c(=O)n2-c2ccccc2)c1. The first kappa shape index (κ1) is 23.3. The van der Waals surface area contributed by atoms with Crippen molar-refractivity contribution in [2.24, 2.45) is 0 Å². The number of amides is 1. The molecule has 0 spiro atoms. The second kappa shape index (κ2) is 10.4. The molecular formula is C27H24N4O2S. The monoisotopic (exact) mass is 468 g/mol. The highest BCUT2D eigenvalue weighted by atomic mass is 32.2. The van der Waals surface area contributed by atoms with Gasteiger partial charge in [-0.05, 0) is 61.4 Å². The summed E-state index contributed by atoms with van der Waals surface area (Å²) in [5, 5.41) is 10.1. The maximum absolute atomic E-state index is 13.3. The lowest BCUT2D eigenvalue weighted by Gasteiger charge is -2.23. The Labute approximate surface area is 202 Å². The van der Waals surface area contributed by atoms with Gasteiger partial charge in [-0.1, -0.05) is 48.2 Å². The second-order valence-corrected chi connectivity index (χ2v) is 8.92. The molecule has 0 fully saturated rings. The van der Waals surface area contributed by atoms with E-state index in [2.05, 4.69) is 6.07 Å². The molecule has 0 aliphatic rings. The fourth-order valence-electron chi connectivity index (χ4n) is 3.88. The van der Waals surface area contributed by atoms with Crippen LogP contribution in [0.2, 0.25) is 0 Å². The summed E-state index contributed by atoms with van der Waals surface area (Å²) >= 11 is 1.22. The number of nitriles is 1. The Morgan fingerprint density at radius 1 is 1.03 bits per heavy atom. The van der Waals surface area contributed by atoms with Crippen LogP contribution in [0.3, 0.4) is 0 Å². The number of carbonyl (C=O) groups excluding carboxylic acids is 1. The van der Waals surface area contributed by atoms with E-state index in [9.17, 15) is 9.59 Å². The van der Waals surface area contributed by atoms with E-state index in [0.29, 0.717) is 28.3 Å². The predicted octanol–water partition coefficient (Wildman–Crippen LogP) is 5.04. The lowest BCUT2D eigenvalue weighted by atomic mass is 10.1. The Hall–Kier alpha value is -3.89. The molecule has 1 aromatic heterocycles. The summed E-state index contributed by atoms with van der Waals surface area (Å²) in [7, 11) is 0. The van der Waals surface area contributed by atoms with Crippen molar-refractivity contribution in [2.75, 3.05) is 17.2 Å². The van der Waals surface area contributed by atoms with Gasteiger partial charge in [0.15, 0.2) is 5.16 Å². The van der Waals surface area contributed by atoms with Gasteiger partial charge in [-0.2, -0.15) is 5.26 Å². The number of benzene rings is 3. The van der Waals surface area contributed by atoms with E-state index >= 15 is 0 Å². The maximum Gasteiger partial charge on any atom is 0.266 e. The Morgan fingerprint density at radius 2 is 1.71 bits per heavy atom. The largest absolute Gasteiger partial charge is 0.311 e. The minimum absolute atomic E-state index is 0.0794. The number of aryl methyl sites for hydroxylation is 2. The van der Waals surface area contributed by atoms with Gasteiger partial charge in [-0.15, -0.1) is 0 Å². The van der Waals surface area contributed by atoms with E-state index in [1.54, 1.807) is 21.6 Å². The van der Waals surface area contributed by atoms with Crippen LogP contribution in [0.4, 0.5) is 5.69 Å². The number of hydrogen-bond acceptors (Lipinski definition) is 5. The zero-order valence-corrected chi connectivity index (χ0v) is 19.9. The third-order valence-electron chi connectivity index (χ3n) is 5.35. The highest BCUT2D eigenvalue weighted by molar-refractivity contribution is 7.99. The number of para-hydroxylation sites is 2. The average Bonchev–Trinajstić information content (AvgIpc) is 2.83. The van der Waals surface area contributed by atoms with Crippen molar-refractivity contribution in [3.8, 4) is 11.8 Å². The molecule has 34 heavy (non-hydrogen) atoms. The molecule has 3 aromatic carbocycles. The first-order valence-corrected chi connectivity index (χ1v) is 11.9. The first-order chi connectivity index (χ1) is 16.5. The number of nitrogens with zero attached hydrogens (tertiary/aromatic N) is 4. The van der Waals surface area contributed by atoms with E-state index in [0.717, 1.165) is 16.8 Å². The summed E-state index contributed by atoms with van der Waals surface area (Å²) in [6.07, 6.45) is 0.229. The molecule has 0 aliphatic carbocycles. The van der Waals surface area contributed by atoms with Crippen molar-refractivity contribution >= 4 is 34.3 Å². The summed E-state index contributed by atoms with van der Waals surface area (Å²) in [6.45, 7) is 4.26. The summed E-state index contributed by atoms with van der Waals surface area (Å²) in [5.74, 6) is -0.0667. The van der Waals surface area contributed by atoms with Gasteiger partial charge in [-0.25, -0.2) is 4.98 Å². The Kier molecular flexibility index (Phi) is 7.09. The number of rotatable bonds is 7. The van der Waals surface area contributed by atoms with Crippen LogP contribution >= 0.6 is 11.8 Å². The van der Waals surface area contributed by atoms with Crippen LogP contribution in [-0.4, -0.2) is 27.8 Å². The fourth-order valence-corrected chi connectivity index (χ4v) is 4.77. The number of aromatic nitrogens is 2. The zero-order valence-electron chi connectivity index (χ0n) is 19.1. The molecule has 0 bridgehead atoms. The molecule has 170 valence electrons. The molecule has 0 unspecified atom stereocenters. The van der Waals surface area contributed by atoms with Gasteiger partial charge >= 0.3 is 0 Å². The Bertz CT molecular complexity index is 1420. The van der Waals surface area contributed by atoms with Gasteiger partial charge in [0.25, 0.3) is 5.56 Å². The summed E-state index contributed by atoms with van der Waals surface area (Å²) in [4.78, 5) is 33.0. The van der Waals surface area contributed by atoms with Gasteiger partial charge < -0.3 is 4.90 Å². The molecular weight excluding hydrogens is 444 g/mol. The minimum atomic E-state index is -0.178. The maximum atomic E-state index is 13.3. The van der Waals surface area contributed by atoms with Gasteiger partial charge in [0.2, 0.25) is 5.91 Å². The van der Waals surface area contributed by atoms with Crippen LogP contribution in [-0.2, 0) is 4.79 Å². The van der Waals surface area contributed by atoms with E-state index < -0.39 is 0 Å². The fraction of sp³-hybridized carbons (Fsp3) is 0.185. The van der Waals surface area contributed by atoms with E-state index in [1.807, 2.05) is 74.5 Å². The van der Waals surface area contributed by atoms with Crippen LogP contribution in [0.25, 0.3) is 16.6 Å². The third kappa shape index (κ3) is 5.03. The molecule has 4 rings (SSSR count). The summed E-state index contributed by atoms with van der Waals surface area (Å²) in [6, 6.07) is 24.6. The van der Waals surface area contributed by atoms with Crippen molar-refractivity contribution < 1.29 is 4.79 Å². The predicted molar refractivity (Wildman–Crippen MR) is 137 cm³/mol. The molecule has 1 heterocycles. The lowest BCUT2D eigenvalue weighted by molar-refractivity contribution is -0.116. The number of thioether (sulfide) groups is 1. The smallest absolute Gasteiger partial charge is 0.266 e. The number of fused-ring (bicyclic) bond motifs is 1. The van der Waals surface area contributed by atoms with Crippen molar-refractivity contribution in [2.45, 2.75) is 25.4 Å². The molecule has 0 saturated heterocycles. The molecule has 6 nitrogen and oxygen atoms in total. The van der Waals surface area contributed by atoms with E-state index in [4.69, 9.17) is 10.2 Å². The van der Waals surface area contributed by atoms with E-state index in [-0.39, 0.29) is 23.6 Å². The molecule has 0 radical (unpaired) electrons. The Balaban J connectivity index is 1.70. The van der Waals surface area contributed by atoms with Crippen LogP contribution in [0.5, 0.6) is 0 Å². The minimum Gasteiger partial charge on any atom is -0.311 e. The normalized spacial score (nSPS) is 10.7. The zero-order chi connectivity index (χ0) is 24.1. The quantitative estimate of drug-likeness (QED) is 0.280. The van der Waals surface area contributed by atoms with Crippen molar-refractivity contribution in [3.05, 3.63) is 94.3 Å². The highest BCUT2D eigenvalue weighted by Crippen LogP contribution is 2.24. The van der Waals surface area contributed by atoms with Gasteiger partial charge in [0.05, 0.1) is 34.8 Å². The number of anilines is 1. The summed E-state index contributed by atoms with van der Waals surface area (Å²) in [5.41, 5.74) is 3.97. The van der Waals surface area contributed by atoms with Crippen molar-refractivity contribution in [1.29, 1.82) is 5.26 Å². The van der Waals surface area contributed by atoms with Gasteiger partial charge in [0.1, 0.15) is 0 Å². The van der Waals surface area contributed by atoms with Gasteiger partial charge in [-0.3, -0.25) is 14.2 Å². The molecule has 0 saturated carbocycles. The molecule has 4 aromatic rings. The van der Waals surface area contributed by atoms with Crippen molar-refractivity contribution in [3.63, 3.8) is 0 Å². The van der Waals surface area contributed by atoms with Crippen molar-refractivity contribution in [1.82, 2.24) is 9.55 Å². The third-order valence-corrected chi connectivity index (χ3v) is 6.27. The van der Waals surface area contributed by atoms with E-state index in [1.165, 1.54) is 11.8 Å².